The third-order valence-electron chi connectivity index (χ3n) is 4.73. The molecule has 26 heavy (non-hydrogen) atoms. The fourth-order valence-corrected chi connectivity index (χ4v) is 3.55. The summed E-state index contributed by atoms with van der Waals surface area (Å²) >= 11 is 3.58. The van der Waals surface area contributed by atoms with Crippen molar-refractivity contribution >= 4 is 15.9 Å². The monoisotopic (exact) mass is 416 g/mol. The number of benzene rings is 2. The second-order valence-electron chi connectivity index (χ2n) is 9.09. The van der Waals surface area contributed by atoms with Crippen molar-refractivity contribution in [3.8, 4) is 0 Å². The van der Waals surface area contributed by atoms with E-state index in [1.165, 1.54) is 16.7 Å². The Morgan fingerprint density at radius 1 is 0.885 bits per heavy atom. The molecule has 3 heteroatoms. The molecule has 2 aromatic carbocycles. The zero-order chi connectivity index (χ0) is 19.4. The summed E-state index contributed by atoms with van der Waals surface area (Å²) in [7, 11) is 0. The van der Waals surface area contributed by atoms with Crippen LogP contribution in [0.4, 0.5) is 0 Å². The first kappa shape index (κ1) is 21.1. The van der Waals surface area contributed by atoms with Gasteiger partial charge in [0.1, 0.15) is 0 Å². The van der Waals surface area contributed by atoms with Gasteiger partial charge >= 0.3 is 0 Å². The maximum atomic E-state index is 6.00. The van der Waals surface area contributed by atoms with Crippen LogP contribution < -0.4 is 5.73 Å². The lowest BCUT2D eigenvalue weighted by atomic mass is 9.86. The molecule has 0 unspecified atom stereocenters. The lowest BCUT2D eigenvalue weighted by Crippen LogP contribution is -2.38. The minimum Gasteiger partial charge on any atom is -0.330 e. The van der Waals surface area contributed by atoms with E-state index in [1.807, 2.05) is 0 Å². The number of halogens is 1. The maximum absolute atomic E-state index is 6.00. The quantitative estimate of drug-likeness (QED) is 0.623. The van der Waals surface area contributed by atoms with Gasteiger partial charge in [-0.3, -0.25) is 4.90 Å². The smallest absolute Gasteiger partial charge is 0.0237 e. The van der Waals surface area contributed by atoms with Crippen LogP contribution in [-0.2, 0) is 18.5 Å². The maximum Gasteiger partial charge on any atom is 0.0237 e. The molecule has 2 rings (SSSR count). The van der Waals surface area contributed by atoms with E-state index in [4.69, 9.17) is 5.73 Å². The second kappa shape index (κ2) is 8.69. The van der Waals surface area contributed by atoms with Crippen LogP contribution in [0.25, 0.3) is 0 Å². The molecular weight excluding hydrogens is 384 g/mol. The Hall–Kier alpha value is -1.16. The van der Waals surface area contributed by atoms with E-state index in [2.05, 4.69) is 104 Å². The fourth-order valence-electron chi connectivity index (χ4n) is 3.10. The summed E-state index contributed by atoms with van der Waals surface area (Å²) < 4.78 is 1.13. The molecule has 0 saturated carbocycles. The Balaban J connectivity index is 2.17. The van der Waals surface area contributed by atoms with Gasteiger partial charge in [-0.1, -0.05) is 86.9 Å². The van der Waals surface area contributed by atoms with Crippen LogP contribution in [0.1, 0.15) is 51.3 Å². The number of rotatable bonds is 7. The largest absolute Gasteiger partial charge is 0.330 e. The summed E-state index contributed by atoms with van der Waals surface area (Å²) in [4.78, 5) is 2.50. The third-order valence-corrected chi connectivity index (χ3v) is 5.22. The molecule has 0 bridgehead atoms. The van der Waals surface area contributed by atoms with Gasteiger partial charge in [0.05, 0.1) is 0 Å². The number of hydrogen-bond donors (Lipinski definition) is 1. The topological polar surface area (TPSA) is 29.3 Å². The van der Waals surface area contributed by atoms with E-state index in [9.17, 15) is 0 Å². The second-order valence-corrected chi connectivity index (χ2v) is 10.0. The molecule has 0 aliphatic heterocycles. The first-order chi connectivity index (χ1) is 12.1. The molecule has 0 amide bonds. The first-order valence-corrected chi connectivity index (χ1v) is 10.1. The Kier molecular flexibility index (Phi) is 7.06. The lowest BCUT2D eigenvalue weighted by molar-refractivity contribution is 0.168. The summed E-state index contributed by atoms with van der Waals surface area (Å²) in [5, 5.41) is 0. The minimum atomic E-state index is 0.0946. The third kappa shape index (κ3) is 6.53. The normalized spacial score (nSPS) is 12.6. The van der Waals surface area contributed by atoms with E-state index in [0.29, 0.717) is 6.54 Å². The van der Waals surface area contributed by atoms with E-state index >= 15 is 0 Å². The van der Waals surface area contributed by atoms with Crippen LogP contribution in [0, 0.1) is 5.41 Å². The van der Waals surface area contributed by atoms with Crippen LogP contribution in [-0.4, -0.2) is 18.0 Å². The highest BCUT2D eigenvalue weighted by Crippen LogP contribution is 2.24. The van der Waals surface area contributed by atoms with Crippen LogP contribution in [0.5, 0.6) is 0 Å². The Labute approximate surface area is 167 Å². The van der Waals surface area contributed by atoms with E-state index in [-0.39, 0.29) is 10.8 Å². The lowest BCUT2D eigenvalue weighted by Gasteiger charge is -2.32. The van der Waals surface area contributed by atoms with Crippen LogP contribution in [0.2, 0.25) is 0 Å². The SMILES string of the molecule is CC(C)(CN)CN(Cc1ccc(C(C)(C)C)cc1)Cc1cccc(Br)c1. The molecule has 0 radical (unpaired) electrons. The van der Waals surface area contributed by atoms with Crippen molar-refractivity contribution in [3.63, 3.8) is 0 Å². The number of nitrogens with two attached hydrogens (primary N) is 1. The van der Waals surface area contributed by atoms with Crippen molar-refractivity contribution in [2.75, 3.05) is 13.1 Å². The van der Waals surface area contributed by atoms with Crippen LogP contribution in [0.15, 0.2) is 53.0 Å². The van der Waals surface area contributed by atoms with Crippen LogP contribution >= 0.6 is 15.9 Å². The van der Waals surface area contributed by atoms with Gasteiger partial charge in [-0.15, -0.1) is 0 Å². The summed E-state index contributed by atoms with van der Waals surface area (Å²) in [6.07, 6.45) is 0. The van der Waals surface area contributed by atoms with Crippen molar-refractivity contribution in [2.45, 2.75) is 53.1 Å². The molecule has 0 heterocycles. The highest BCUT2D eigenvalue weighted by molar-refractivity contribution is 9.10. The molecule has 0 fully saturated rings. The molecule has 0 spiro atoms. The minimum absolute atomic E-state index is 0.0946. The number of nitrogens with zero attached hydrogens (tertiary/aromatic N) is 1. The molecule has 0 saturated heterocycles. The zero-order valence-corrected chi connectivity index (χ0v) is 18.4. The van der Waals surface area contributed by atoms with E-state index < -0.39 is 0 Å². The standard InChI is InChI=1S/C23H33BrN2/c1-22(2,3)20-11-9-18(10-12-20)14-26(17-23(4,5)16-25)15-19-7-6-8-21(24)13-19/h6-13H,14-17,25H2,1-5H3. The molecule has 2 nitrogen and oxygen atoms in total. The Morgan fingerprint density at radius 3 is 2.04 bits per heavy atom. The van der Waals surface area contributed by atoms with Gasteiger partial charge in [-0.2, -0.15) is 0 Å². The first-order valence-electron chi connectivity index (χ1n) is 9.35. The molecule has 2 aromatic rings. The highest BCUT2D eigenvalue weighted by atomic mass is 79.9. The summed E-state index contributed by atoms with van der Waals surface area (Å²) in [5.74, 6) is 0. The predicted octanol–water partition coefficient (Wildman–Crippen LogP) is 5.73. The van der Waals surface area contributed by atoms with Gasteiger partial charge in [-0.05, 0) is 46.2 Å². The van der Waals surface area contributed by atoms with E-state index in [1.54, 1.807) is 0 Å². The predicted molar refractivity (Wildman–Crippen MR) is 116 cm³/mol. The van der Waals surface area contributed by atoms with Gasteiger partial charge in [-0.25, -0.2) is 0 Å². The van der Waals surface area contributed by atoms with Gasteiger partial charge < -0.3 is 5.73 Å². The van der Waals surface area contributed by atoms with Crippen molar-refractivity contribution in [1.82, 2.24) is 4.90 Å². The average molecular weight is 417 g/mol. The van der Waals surface area contributed by atoms with Gasteiger partial charge in [0.15, 0.2) is 0 Å². The fraction of sp³-hybridized carbons (Fsp3) is 0.478. The highest BCUT2D eigenvalue weighted by Gasteiger charge is 2.21. The Morgan fingerprint density at radius 2 is 1.50 bits per heavy atom. The summed E-state index contributed by atoms with van der Waals surface area (Å²) in [5.41, 5.74) is 10.3. The molecule has 142 valence electrons. The Bertz CT molecular complexity index is 699. The average Bonchev–Trinajstić information content (AvgIpc) is 2.54. The van der Waals surface area contributed by atoms with Gasteiger partial charge in [0.25, 0.3) is 0 Å². The van der Waals surface area contributed by atoms with Crippen molar-refractivity contribution in [1.29, 1.82) is 0 Å². The summed E-state index contributed by atoms with van der Waals surface area (Å²) in [6.45, 7) is 14.8. The molecule has 2 N–H and O–H groups in total. The number of hydrogen-bond acceptors (Lipinski definition) is 2. The van der Waals surface area contributed by atoms with Gasteiger partial charge in [0.2, 0.25) is 0 Å². The van der Waals surface area contributed by atoms with Crippen molar-refractivity contribution in [2.24, 2.45) is 11.1 Å². The zero-order valence-electron chi connectivity index (χ0n) is 16.8. The van der Waals surface area contributed by atoms with E-state index in [0.717, 1.165) is 24.1 Å². The molecule has 0 aromatic heterocycles. The van der Waals surface area contributed by atoms with Crippen molar-refractivity contribution < 1.29 is 0 Å². The van der Waals surface area contributed by atoms with Crippen molar-refractivity contribution in [3.05, 3.63) is 69.7 Å². The van der Waals surface area contributed by atoms with Gasteiger partial charge in [0, 0.05) is 24.1 Å². The molecule has 0 atom stereocenters. The molecule has 0 aliphatic rings. The molecule has 0 aliphatic carbocycles. The molecular formula is C23H33BrN2. The van der Waals surface area contributed by atoms with Crippen LogP contribution in [0.3, 0.4) is 0 Å². The summed E-state index contributed by atoms with van der Waals surface area (Å²) in [6, 6.07) is 17.6.